The van der Waals surface area contributed by atoms with Crippen molar-refractivity contribution < 1.29 is 0 Å². The van der Waals surface area contributed by atoms with Crippen LogP contribution < -0.4 is 0 Å². The molecule has 1 aliphatic rings. The maximum absolute atomic E-state index is 2.40. The molecular weight excluding hydrogens is 468 g/mol. The Morgan fingerprint density at radius 3 is 1.10 bits per heavy atom. The average molecular weight is 499 g/mol. The third-order valence-corrected chi connectivity index (χ3v) is 8.30. The van der Waals surface area contributed by atoms with E-state index in [0.29, 0.717) is 0 Å². The molecule has 7 rings (SSSR count). The Kier molecular flexibility index (Phi) is 5.56. The van der Waals surface area contributed by atoms with Crippen LogP contribution in [0.4, 0.5) is 0 Å². The molecule has 0 radical (unpaired) electrons. The molecule has 0 saturated carbocycles. The van der Waals surface area contributed by atoms with Gasteiger partial charge in [-0.25, -0.2) is 0 Å². The molecule has 6 aromatic carbocycles. The van der Waals surface area contributed by atoms with Gasteiger partial charge in [0.05, 0.1) is 5.41 Å². The van der Waals surface area contributed by atoms with Crippen LogP contribution in [0.15, 0.2) is 146 Å². The average Bonchev–Trinajstić information content (AvgIpc) is 3.27. The number of fused-ring (bicyclic) bond motifs is 3. The fourth-order valence-corrected chi connectivity index (χ4v) is 6.43. The van der Waals surface area contributed by atoms with Gasteiger partial charge in [-0.2, -0.15) is 0 Å². The Morgan fingerprint density at radius 2 is 0.718 bits per heavy atom. The van der Waals surface area contributed by atoms with Crippen molar-refractivity contribution >= 4 is 0 Å². The van der Waals surface area contributed by atoms with E-state index in [1.807, 2.05) is 0 Å². The predicted octanol–water partition coefficient (Wildman–Crippen LogP) is 10.0. The first-order valence-corrected chi connectivity index (χ1v) is 13.7. The first kappa shape index (κ1) is 23.4. The lowest BCUT2D eigenvalue weighted by Gasteiger charge is -2.34. The van der Waals surface area contributed by atoms with Gasteiger partial charge in [-0.1, -0.05) is 157 Å². The fraction of sp³-hybridized carbons (Fsp3) is 0.0769. The number of rotatable bonds is 4. The molecule has 0 bridgehead atoms. The molecule has 1 aliphatic carbocycles. The summed E-state index contributed by atoms with van der Waals surface area (Å²) < 4.78 is 0. The monoisotopic (exact) mass is 498 g/mol. The standard InChI is InChI=1S/C39H30/c1-27-13-23-35-36-24-14-28(2)26-38(36)39(37(35)25-27,33-19-15-31(16-20-33)29-9-5-3-6-10-29)34-21-17-32(18-22-34)30-11-7-4-8-12-30/h3-26H,1-2H3. The summed E-state index contributed by atoms with van der Waals surface area (Å²) in [7, 11) is 0. The van der Waals surface area contributed by atoms with E-state index >= 15 is 0 Å². The van der Waals surface area contributed by atoms with Crippen molar-refractivity contribution in [2.24, 2.45) is 0 Å². The molecule has 6 aromatic rings. The van der Waals surface area contributed by atoms with E-state index in [2.05, 4.69) is 159 Å². The maximum Gasteiger partial charge on any atom is 0.0713 e. The minimum absolute atomic E-state index is 0.396. The Labute approximate surface area is 231 Å². The fourth-order valence-electron chi connectivity index (χ4n) is 6.43. The summed E-state index contributed by atoms with van der Waals surface area (Å²) in [6.07, 6.45) is 0. The molecule has 0 N–H and O–H groups in total. The van der Waals surface area contributed by atoms with Crippen LogP contribution in [0.5, 0.6) is 0 Å². The Hall–Kier alpha value is -4.68. The van der Waals surface area contributed by atoms with E-state index in [4.69, 9.17) is 0 Å². The second kappa shape index (κ2) is 9.26. The van der Waals surface area contributed by atoms with Crippen LogP contribution in [0.3, 0.4) is 0 Å². The van der Waals surface area contributed by atoms with Crippen molar-refractivity contribution in [1.29, 1.82) is 0 Å². The molecular formula is C39H30. The minimum atomic E-state index is -0.396. The third kappa shape index (κ3) is 3.75. The summed E-state index contributed by atoms with van der Waals surface area (Å²) in [6.45, 7) is 4.41. The first-order chi connectivity index (χ1) is 19.1. The van der Waals surface area contributed by atoms with Gasteiger partial charge in [0.1, 0.15) is 0 Å². The van der Waals surface area contributed by atoms with Gasteiger partial charge >= 0.3 is 0 Å². The normalized spacial score (nSPS) is 13.1. The quantitative estimate of drug-likeness (QED) is 0.226. The number of benzene rings is 6. The molecule has 0 aromatic heterocycles. The molecule has 186 valence electrons. The van der Waals surface area contributed by atoms with E-state index < -0.39 is 5.41 Å². The predicted molar refractivity (Wildman–Crippen MR) is 164 cm³/mol. The van der Waals surface area contributed by atoms with Crippen molar-refractivity contribution in [2.75, 3.05) is 0 Å². The zero-order valence-electron chi connectivity index (χ0n) is 22.4. The highest BCUT2D eigenvalue weighted by Crippen LogP contribution is 2.56. The molecule has 0 nitrogen and oxygen atoms in total. The number of hydrogen-bond donors (Lipinski definition) is 0. The van der Waals surface area contributed by atoms with E-state index in [-0.39, 0.29) is 0 Å². The highest BCUT2D eigenvalue weighted by atomic mass is 14.5. The van der Waals surface area contributed by atoms with Crippen LogP contribution in [0.1, 0.15) is 33.4 Å². The number of hydrogen-bond acceptors (Lipinski definition) is 0. The van der Waals surface area contributed by atoms with Gasteiger partial charge in [0.25, 0.3) is 0 Å². The van der Waals surface area contributed by atoms with Crippen molar-refractivity contribution in [2.45, 2.75) is 19.3 Å². The minimum Gasteiger partial charge on any atom is -0.0622 e. The van der Waals surface area contributed by atoms with Gasteiger partial charge in [-0.05, 0) is 69.5 Å². The van der Waals surface area contributed by atoms with E-state index in [1.165, 1.54) is 66.8 Å². The smallest absolute Gasteiger partial charge is 0.0622 e. The Bertz CT molecular complexity index is 1640. The molecule has 0 aliphatic heterocycles. The van der Waals surface area contributed by atoms with Gasteiger partial charge in [0.2, 0.25) is 0 Å². The van der Waals surface area contributed by atoms with Gasteiger partial charge < -0.3 is 0 Å². The second-order valence-corrected chi connectivity index (χ2v) is 10.7. The lowest BCUT2D eigenvalue weighted by atomic mass is 9.67. The molecule has 0 unspecified atom stereocenters. The van der Waals surface area contributed by atoms with Gasteiger partial charge in [0.15, 0.2) is 0 Å². The molecule has 0 fully saturated rings. The highest BCUT2D eigenvalue weighted by Gasteiger charge is 2.46. The van der Waals surface area contributed by atoms with Crippen molar-refractivity contribution in [1.82, 2.24) is 0 Å². The van der Waals surface area contributed by atoms with Crippen LogP contribution in [0.25, 0.3) is 33.4 Å². The van der Waals surface area contributed by atoms with Crippen LogP contribution in [-0.2, 0) is 5.41 Å². The van der Waals surface area contributed by atoms with Crippen molar-refractivity contribution in [3.8, 4) is 33.4 Å². The molecule has 0 saturated heterocycles. The second-order valence-electron chi connectivity index (χ2n) is 10.7. The highest BCUT2D eigenvalue weighted by molar-refractivity contribution is 5.87. The largest absolute Gasteiger partial charge is 0.0713 e. The molecule has 0 heterocycles. The van der Waals surface area contributed by atoms with Crippen molar-refractivity contribution in [3.63, 3.8) is 0 Å². The SMILES string of the molecule is Cc1ccc2c(c1)C(c1ccc(-c3ccccc3)cc1)(c1ccc(-c3ccccc3)cc1)c1cc(C)ccc1-2. The summed E-state index contributed by atoms with van der Waals surface area (Å²) in [5, 5.41) is 0. The number of aryl methyl sites for hydroxylation is 2. The molecule has 39 heavy (non-hydrogen) atoms. The molecule has 0 spiro atoms. The summed E-state index contributed by atoms with van der Waals surface area (Å²) in [6, 6.07) is 53.7. The van der Waals surface area contributed by atoms with Crippen LogP contribution >= 0.6 is 0 Å². The summed E-state index contributed by atoms with van der Waals surface area (Å²) in [5.41, 5.74) is 15.1. The lowest BCUT2D eigenvalue weighted by molar-refractivity contribution is 0.767. The van der Waals surface area contributed by atoms with Gasteiger partial charge in [0, 0.05) is 0 Å². The van der Waals surface area contributed by atoms with E-state index in [9.17, 15) is 0 Å². The Morgan fingerprint density at radius 1 is 0.359 bits per heavy atom. The van der Waals surface area contributed by atoms with Crippen LogP contribution in [0, 0.1) is 13.8 Å². The molecule has 0 heteroatoms. The van der Waals surface area contributed by atoms with E-state index in [0.717, 1.165) is 0 Å². The molecule has 0 atom stereocenters. The van der Waals surface area contributed by atoms with E-state index in [1.54, 1.807) is 0 Å². The Balaban J connectivity index is 1.50. The topological polar surface area (TPSA) is 0 Å². The lowest BCUT2D eigenvalue weighted by Crippen LogP contribution is -2.28. The third-order valence-electron chi connectivity index (χ3n) is 8.30. The summed E-state index contributed by atoms with van der Waals surface area (Å²) >= 11 is 0. The summed E-state index contributed by atoms with van der Waals surface area (Å²) in [5.74, 6) is 0. The zero-order chi connectivity index (χ0) is 26.4. The van der Waals surface area contributed by atoms with Crippen molar-refractivity contribution in [3.05, 3.63) is 179 Å². The molecule has 0 amide bonds. The first-order valence-electron chi connectivity index (χ1n) is 13.7. The van der Waals surface area contributed by atoms with Gasteiger partial charge in [-0.3, -0.25) is 0 Å². The zero-order valence-corrected chi connectivity index (χ0v) is 22.4. The van der Waals surface area contributed by atoms with Crippen LogP contribution in [-0.4, -0.2) is 0 Å². The van der Waals surface area contributed by atoms with Gasteiger partial charge in [-0.15, -0.1) is 0 Å². The maximum atomic E-state index is 2.40. The van der Waals surface area contributed by atoms with Crippen LogP contribution in [0.2, 0.25) is 0 Å². The summed E-state index contributed by atoms with van der Waals surface area (Å²) in [4.78, 5) is 0.